The van der Waals surface area contributed by atoms with E-state index in [1.807, 2.05) is 0 Å². The number of nitro benzene ring substituents is 1. The molecule has 0 spiro atoms. The van der Waals surface area contributed by atoms with Crippen LogP contribution in [0.15, 0.2) is 18.2 Å². The molecule has 1 aromatic rings. The van der Waals surface area contributed by atoms with Crippen LogP contribution in [0.5, 0.6) is 0 Å². The summed E-state index contributed by atoms with van der Waals surface area (Å²) in [5.74, 6) is -0.907. The number of carbonyl (C=O) groups excluding carboxylic acids is 1. The Hall–Kier alpha value is -1.51. The van der Waals surface area contributed by atoms with Crippen molar-refractivity contribution in [3.8, 4) is 0 Å². The van der Waals surface area contributed by atoms with Crippen molar-refractivity contribution in [2.24, 2.45) is 0 Å². The van der Waals surface area contributed by atoms with Gasteiger partial charge in [-0.25, -0.2) is 4.79 Å². The highest BCUT2D eigenvalue weighted by Gasteiger charge is 2.36. The molecule has 0 amide bonds. The van der Waals surface area contributed by atoms with Crippen LogP contribution in [0.25, 0.3) is 0 Å². The zero-order chi connectivity index (χ0) is 13.2. The van der Waals surface area contributed by atoms with E-state index in [4.69, 9.17) is 0 Å². The second kappa shape index (κ2) is 4.78. The van der Waals surface area contributed by atoms with Crippen LogP contribution in [0.2, 0.25) is 0 Å². The molecule has 0 saturated carbocycles. The van der Waals surface area contributed by atoms with E-state index in [0.717, 1.165) is 13.2 Å². The molecule has 0 heterocycles. The summed E-state index contributed by atoms with van der Waals surface area (Å²) >= 11 is 2.45. The van der Waals surface area contributed by atoms with Gasteiger partial charge in [-0.2, -0.15) is 0 Å². The van der Waals surface area contributed by atoms with Gasteiger partial charge in [0.05, 0.1) is 17.6 Å². The lowest BCUT2D eigenvalue weighted by Gasteiger charge is -2.16. The Labute approximate surface area is 104 Å². The van der Waals surface area contributed by atoms with E-state index in [2.05, 4.69) is 20.7 Å². The van der Waals surface area contributed by atoms with E-state index in [0.29, 0.717) is 0 Å². The summed E-state index contributed by atoms with van der Waals surface area (Å²) in [6, 6.07) is 3.48. The molecule has 0 aliphatic heterocycles. The molecule has 0 atom stereocenters. The summed E-state index contributed by atoms with van der Waals surface area (Å²) in [6.45, 7) is 0. The van der Waals surface area contributed by atoms with E-state index >= 15 is 0 Å². The molecular formula is C9H8BrNO6. The normalized spacial score (nSPS) is 11.1. The third-order valence-corrected chi connectivity index (χ3v) is 2.36. The lowest BCUT2D eigenvalue weighted by atomic mass is 10.0. The zero-order valence-corrected chi connectivity index (χ0v) is 10.2. The molecule has 92 valence electrons. The number of nitrogens with zero attached hydrogens (tertiary/aromatic N) is 1. The Morgan fingerprint density at radius 1 is 1.53 bits per heavy atom. The first-order valence-corrected chi connectivity index (χ1v) is 5.08. The summed E-state index contributed by atoms with van der Waals surface area (Å²) in [6.07, 6.45) is 0. The fraction of sp³-hybridized carbons (Fsp3) is 0.222. The van der Waals surface area contributed by atoms with E-state index in [9.17, 15) is 25.1 Å². The number of methoxy groups -OCH3 is 1. The van der Waals surface area contributed by atoms with Crippen molar-refractivity contribution in [3.63, 3.8) is 0 Å². The van der Waals surface area contributed by atoms with Crippen LogP contribution < -0.4 is 0 Å². The first-order chi connectivity index (χ1) is 7.79. The van der Waals surface area contributed by atoms with E-state index in [1.54, 1.807) is 0 Å². The number of alkyl halides is 1. The quantitative estimate of drug-likeness (QED) is 0.282. The predicted molar refractivity (Wildman–Crippen MR) is 59.5 cm³/mol. The van der Waals surface area contributed by atoms with Crippen molar-refractivity contribution in [2.45, 2.75) is 4.70 Å². The maximum atomic E-state index is 11.4. The van der Waals surface area contributed by atoms with Gasteiger partial charge in [0.1, 0.15) is 5.56 Å². The number of ether oxygens (including phenoxy) is 1. The van der Waals surface area contributed by atoms with Crippen molar-refractivity contribution >= 4 is 27.6 Å². The van der Waals surface area contributed by atoms with Gasteiger partial charge < -0.3 is 14.9 Å². The minimum absolute atomic E-state index is 0.302. The topological polar surface area (TPSA) is 110 Å². The standard InChI is InChI=1S/C9H8BrNO6/c1-17-8(12)5-3-2-4-6(11(15)16)7(5)9(10,13)14/h2-4,13-14H,1H3. The van der Waals surface area contributed by atoms with Gasteiger partial charge in [0.2, 0.25) is 0 Å². The highest BCUT2D eigenvalue weighted by molar-refractivity contribution is 9.09. The van der Waals surface area contributed by atoms with Crippen LogP contribution in [-0.4, -0.2) is 28.2 Å². The molecule has 0 saturated heterocycles. The Morgan fingerprint density at radius 2 is 2.12 bits per heavy atom. The average Bonchev–Trinajstić information content (AvgIpc) is 2.25. The maximum Gasteiger partial charge on any atom is 0.338 e. The minimum atomic E-state index is -2.69. The van der Waals surface area contributed by atoms with Crippen molar-refractivity contribution in [3.05, 3.63) is 39.4 Å². The molecule has 7 nitrogen and oxygen atoms in total. The monoisotopic (exact) mass is 305 g/mol. The number of hydrogen-bond donors (Lipinski definition) is 2. The Balaban J connectivity index is 3.57. The third kappa shape index (κ3) is 2.78. The van der Waals surface area contributed by atoms with Gasteiger partial charge in [0.15, 0.2) is 0 Å². The molecule has 0 aliphatic rings. The fourth-order valence-corrected chi connectivity index (χ4v) is 1.72. The SMILES string of the molecule is COC(=O)c1cccc([N+](=O)[O-])c1C(O)(O)Br. The molecular weight excluding hydrogens is 298 g/mol. The molecule has 8 heteroatoms. The summed E-state index contributed by atoms with van der Waals surface area (Å²) in [5, 5.41) is 29.5. The number of nitro groups is 1. The smallest absolute Gasteiger partial charge is 0.338 e. The molecule has 0 fully saturated rings. The van der Waals surface area contributed by atoms with Crippen molar-refractivity contribution in [2.75, 3.05) is 7.11 Å². The maximum absolute atomic E-state index is 11.4. The van der Waals surface area contributed by atoms with Crippen molar-refractivity contribution in [1.82, 2.24) is 0 Å². The fourth-order valence-electron chi connectivity index (χ4n) is 1.31. The van der Waals surface area contributed by atoms with Gasteiger partial charge in [-0.05, 0) is 22.0 Å². The summed E-state index contributed by atoms with van der Waals surface area (Å²) < 4.78 is 1.71. The van der Waals surface area contributed by atoms with Crippen LogP contribution in [-0.2, 0) is 9.43 Å². The number of halogens is 1. The van der Waals surface area contributed by atoms with E-state index < -0.39 is 26.8 Å². The minimum Gasteiger partial charge on any atom is -0.465 e. The van der Waals surface area contributed by atoms with Crippen LogP contribution in [0.3, 0.4) is 0 Å². The number of rotatable bonds is 3. The van der Waals surface area contributed by atoms with Gasteiger partial charge in [-0.3, -0.25) is 10.1 Å². The Bertz CT molecular complexity index is 467. The lowest BCUT2D eigenvalue weighted by molar-refractivity contribution is -0.387. The zero-order valence-electron chi connectivity index (χ0n) is 8.58. The molecule has 0 radical (unpaired) electrons. The lowest BCUT2D eigenvalue weighted by Crippen LogP contribution is -2.22. The van der Waals surface area contributed by atoms with Crippen LogP contribution in [0.4, 0.5) is 5.69 Å². The van der Waals surface area contributed by atoms with Gasteiger partial charge in [0.25, 0.3) is 10.4 Å². The average molecular weight is 306 g/mol. The Kier molecular flexibility index (Phi) is 3.81. The van der Waals surface area contributed by atoms with Gasteiger partial charge >= 0.3 is 5.97 Å². The van der Waals surface area contributed by atoms with Gasteiger partial charge in [0, 0.05) is 6.07 Å². The second-order valence-corrected chi connectivity index (χ2v) is 4.14. The summed E-state index contributed by atoms with van der Waals surface area (Å²) in [5.41, 5.74) is -1.48. The second-order valence-electron chi connectivity index (χ2n) is 3.04. The predicted octanol–water partition coefficient (Wildman–Crippen LogP) is 0.871. The van der Waals surface area contributed by atoms with Crippen molar-refractivity contribution < 1.29 is 24.7 Å². The van der Waals surface area contributed by atoms with E-state index in [-0.39, 0.29) is 5.56 Å². The molecule has 0 bridgehead atoms. The molecule has 1 rings (SSSR count). The first-order valence-electron chi connectivity index (χ1n) is 4.29. The number of hydrogen-bond acceptors (Lipinski definition) is 6. The number of benzene rings is 1. The van der Waals surface area contributed by atoms with E-state index in [1.165, 1.54) is 12.1 Å². The molecule has 17 heavy (non-hydrogen) atoms. The number of aliphatic hydroxyl groups is 2. The number of carbonyl (C=O) groups is 1. The largest absolute Gasteiger partial charge is 0.465 e. The molecule has 2 N–H and O–H groups in total. The highest BCUT2D eigenvalue weighted by atomic mass is 79.9. The molecule has 0 unspecified atom stereocenters. The highest BCUT2D eigenvalue weighted by Crippen LogP contribution is 2.35. The third-order valence-electron chi connectivity index (χ3n) is 1.96. The van der Waals surface area contributed by atoms with Gasteiger partial charge in [-0.1, -0.05) is 6.07 Å². The van der Waals surface area contributed by atoms with Crippen LogP contribution in [0.1, 0.15) is 15.9 Å². The summed E-state index contributed by atoms with van der Waals surface area (Å²) in [4.78, 5) is 21.3. The molecule has 0 aromatic heterocycles. The van der Waals surface area contributed by atoms with Crippen LogP contribution in [0, 0.1) is 10.1 Å². The molecule has 0 aliphatic carbocycles. The summed E-state index contributed by atoms with van der Waals surface area (Å²) in [7, 11) is 1.08. The number of esters is 1. The van der Waals surface area contributed by atoms with Crippen molar-refractivity contribution in [1.29, 1.82) is 0 Å². The van der Waals surface area contributed by atoms with Gasteiger partial charge in [-0.15, -0.1) is 0 Å². The molecule has 1 aromatic carbocycles. The van der Waals surface area contributed by atoms with Crippen LogP contribution >= 0.6 is 15.9 Å². The first kappa shape index (κ1) is 13.6. The Morgan fingerprint density at radius 3 is 2.53 bits per heavy atom.